The standard InChI is InChI=1S/C12H11F4NO2/c13-7-3-4-10-8(6-7)9(2-1-5-19-10)17-11(18)12(14,15)16/h3-4,6,9H,1-2,5H2,(H,17,18). The van der Waals surface area contributed by atoms with Gasteiger partial charge in [0.25, 0.3) is 0 Å². The van der Waals surface area contributed by atoms with Gasteiger partial charge in [0.2, 0.25) is 0 Å². The highest BCUT2D eigenvalue weighted by Crippen LogP contribution is 2.32. The van der Waals surface area contributed by atoms with E-state index in [1.54, 1.807) is 0 Å². The van der Waals surface area contributed by atoms with Gasteiger partial charge in [-0.15, -0.1) is 0 Å². The van der Waals surface area contributed by atoms with Crippen LogP contribution in [0.15, 0.2) is 18.2 Å². The van der Waals surface area contributed by atoms with Crippen molar-refractivity contribution < 1.29 is 27.1 Å². The zero-order chi connectivity index (χ0) is 14.0. The molecule has 1 N–H and O–H groups in total. The number of alkyl halides is 3. The van der Waals surface area contributed by atoms with E-state index in [-0.39, 0.29) is 12.0 Å². The summed E-state index contributed by atoms with van der Waals surface area (Å²) in [4.78, 5) is 11.0. The number of carbonyl (C=O) groups excluding carboxylic acids is 1. The van der Waals surface area contributed by atoms with Gasteiger partial charge in [-0.05, 0) is 31.0 Å². The lowest BCUT2D eigenvalue weighted by atomic mass is 10.0. The molecule has 0 saturated heterocycles. The topological polar surface area (TPSA) is 38.3 Å². The van der Waals surface area contributed by atoms with Gasteiger partial charge in [-0.2, -0.15) is 13.2 Å². The van der Waals surface area contributed by atoms with E-state index in [1.807, 2.05) is 5.32 Å². The first-order valence-corrected chi connectivity index (χ1v) is 5.68. The van der Waals surface area contributed by atoms with E-state index in [9.17, 15) is 22.4 Å². The van der Waals surface area contributed by atoms with Gasteiger partial charge in [0.15, 0.2) is 0 Å². The van der Waals surface area contributed by atoms with Crippen LogP contribution in [-0.4, -0.2) is 18.7 Å². The van der Waals surface area contributed by atoms with Gasteiger partial charge in [0.1, 0.15) is 11.6 Å². The largest absolute Gasteiger partial charge is 0.493 e. The molecule has 0 saturated carbocycles. The fraction of sp³-hybridized carbons (Fsp3) is 0.417. The van der Waals surface area contributed by atoms with Gasteiger partial charge < -0.3 is 10.1 Å². The monoisotopic (exact) mass is 277 g/mol. The van der Waals surface area contributed by atoms with E-state index in [4.69, 9.17) is 4.74 Å². The van der Waals surface area contributed by atoms with Gasteiger partial charge in [-0.1, -0.05) is 0 Å². The Balaban J connectivity index is 2.27. The molecule has 1 aromatic carbocycles. The van der Waals surface area contributed by atoms with E-state index in [1.165, 1.54) is 6.07 Å². The number of hydrogen-bond donors (Lipinski definition) is 1. The molecule has 1 aliphatic heterocycles. The molecule has 0 aromatic heterocycles. The number of fused-ring (bicyclic) bond motifs is 1. The summed E-state index contributed by atoms with van der Waals surface area (Å²) >= 11 is 0. The van der Waals surface area contributed by atoms with Crippen molar-refractivity contribution in [3.8, 4) is 5.75 Å². The summed E-state index contributed by atoms with van der Waals surface area (Å²) in [6.07, 6.45) is -4.22. The highest BCUT2D eigenvalue weighted by molar-refractivity contribution is 5.82. The molecule has 2 rings (SSSR count). The lowest BCUT2D eigenvalue weighted by Crippen LogP contribution is -2.39. The molecule has 104 valence electrons. The van der Waals surface area contributed by atoms with Crippen LogP contribution in [0.1, 0.15) is 24.4 Å². The van der Waals surface area contributed by atoms with Crippen LogP contribution in [0.5, 0.6) is 5.75 Å². The van der Waals surface area contributed by atoms with Crippen molar-refractivity contribution in [2.75, 3.05) is 6.61 Å². The van der Waals surface area contributed by atoms with Crippen molar-refractivity contribution in [2.24, 2.45) is 0 Å². The molecule has 1 unspecified atom stereocenters. The fourth-order valence-corrected chi connectivity index (χ4v) is 1.94. The van der Waals surface area contributed by atoms with Crippen LogP contribution in [0, 0.1) is 5.82 Å². The Bertz CT molecular complexity index is 487. The number of rotatable bonds is 1. The third-order valence-corrected chi connectivity index (χ3v) is 2.80. The lowest BCUT2D eigenvalue weighted by Gasteiger charge is -2.19. The van der Waals surface area contributed by atoms with E-state index in [2.05, 4.69) is 0 Å². The Morgan fingerprint density at radius 2 is 2.11 bits per heavy atom. The molecule has 0 bridgehead atoms. The minimum atomic E-state index is -4.96. The summed E-state index contributed by atoms with van der Waals surface area (Å²) in [6, 6.07) is 2.69. The molecule has 1 aliphatic rings. The smallest absolute Gasteiger partial charge is 0.471 e. The molecule has 0 spiro atoms. The summed E-state index contributed by atoms with van der Waals surface area (Å²) in [6.45, 7) is 0.316. The molecule has 19 heavy (non-hydrogen) atoms. The van der Waals surface area contributed by atoms with Crippen molar-refractivity contribution in [3.63, 3.8) is 0 Å². The summed E-state index contributed by atoms with van der Waals surface area (Å²) in [5, 5.41) is 1.87. The second-order valence-corrected chi connectivity index (χ2v) is 4.20. The molecule has 1 atom stereocenters. The molecule has 0 aliphatic carbocycles. The first kappa shape index (κ1) is 13.6. The van der Waals surface area contributed by atoms with E-state index in [0.29, 0.717) is 18.8 Å². The van der Waals surface area contributed by atoms with E-state index in [0.717, 1.165) is 12.1 Å². The third kappa shape index (κ3) is 3.15. The lowest BCUT2D eigenvalue weighted by molar-refractivity contribution is -0.174. The van der Waals surface area contributed by atoms with Crippen molar-refractivity contribution in [1.82, 2.24) is 5.32 Å². The summed E-state index contributed by atoms with van der Waals surface area (Å²) in [5.74, 6) is -2.32. The SMILES string of the molecule is O=C(NC1CCCOc2ccc(F)cc21)C(F)(F)F. The molecule has 0 fully saturated rings. The number of amides is 1. The Kier molecular flexibility index (Phi) is 3.64. The van der Waals surface area contributed by atoms with E-state index < -0.39 is 23.9 Å². The zero-order valence-corrected chi connectivity index (χ0v) is 9.76. The van der Waals surface area contributed by atoms with Gasteiger partial charge >= 0.3 is 12.1 Å². The normalized spacial score (nSPS) is 19.1. The molecular formula is C12H11F4NO2. The molecular weight excluding hydrogens is 266 g/mol. The van der Waals surface area contributed by atoms with Crippen LogP contribution in [0.4, 0.5) is 17.6 Å². The number of nitrogens with one attached hydrogen (secondary N) is 1. The third-order valence-electron chi connectivity index (χ3n) is 2.80. The van der Waals surface area contributed by atoms with Crippen molar-refractivity contribution >= 4 is 5.91 Å². The second kappa shape index (κ2) is 5.07. The minimum Gasteiger partial charge on any atom is -0.493 e. The zero-order valence-electron chi connectivity index (χ0n) is 9.76. The number of ether oxygens (including phenoxy) is 1. The van der Waals surface area contributed by atoms with Crippen LogP contribution in [0.25, 0.3) is 0 Å². The van der Waals surface area contributed by atoms with Gasteiger partial charge in [0.05, 0.1) is 12.6 Å². The summed E-state index contributed by atoms with van der Waals surface area (Å²) < 4.78 is 55.2. The first-order chi connectivity index (χ1) is 8.88. The fourth-order valence-electron chi connectivity index (χ4n) is 1.94. The van der Waals surface area contributed by atoms with Crippen LogP contribution in [0.2, 0.25) is 0 Å². The first-order valence-electron chi connectivity index (χ1n) is 5.68. The molecule has 0 radical (unpaired) electrons. The maximum absolute atomic E-state index is 13.2. The molecule has 1 aromatic rings. The Labute approximate surface area is 106 Å². The molecule has 1 amide bonds. The Morgan fingerprint density at radius 3 is 2.79 bits per heavy atom. The Hall–Kier alpha value is -1.79. The van der Waals surface area contributed by atoms with Crippen molar-refractivity contribution in [2.45, 2.75) is 25.1 Å². The highest BCUT2D eigenvalue weighted by Gasteiger charge is 2.40. The number of benzene rings is 1. The Morgan fingerprint density at radius 1 is 1.37 bits per heavy atom. The predicted molar refractivity (Wildman–Crippen MR) is 58.1 cm³/mol. The average molecular weight is 277 g/mol. The second-order valence-electron chi connectivity index (χ2n) is 4.20. The number of hydrogen-bond acceptors (Lipinski definition) is 2. The summed E-state index contributed by atoms with van der Waals surface area (Å²) in [5.41, 5.74) is 0.232. The number of carbonyl (C=O) groups is 1. The molecule has 1 heterocycles. The van der Waals surface area contributed by atoms with Crippen LogP contribution >= 0.6 is 0 Å². The van der Waals surface area contributed by atoms with Crippen molar-refractivity contribution in [1.29, 1.82) is 0 Å². The highest BCUT2D eigenvalue weighted by atomic mass is 19.4. The van der Waals surface area contributed by atoms with Gasteiger partial charge in [-0.25, -0.2) is 4.39 Å². The summed E-state index contributed by atoms with van der Waals surface area (Å²) in [7, 11) is 0. The maximum atomic E-state index is 13.2. The van der Waals surface area contributed by atoms with Crippen LogP contribution in [0.3, 0.4) is 0 Å². The molecule has 7 heteroatoms. The predicted octanol–water partition coefficient (Wildman–Crippen LogP) is 2.72. The van der Waals surface area contributed by atoms with Crippen LogP contribution < -0.4 is 10.1 Å². The minimum absolute atomic E-state index is 0.232. The van der Waals surface area contributed by atoms with Gasteiger partial charge in [0, 0.05) is 5.56 Å². The maximum Gasteiger partial charge on any atom is 0.471 e. The van der Waals surface area contributed by atoms with E-state index >= 15 is 0 Å². The molecule has 3 nitrogen and oxygen atoms in total. The average Bonchev–Trinajstić information content (AvgIpc) is 2.51. The number of halogens is 4. The van der Waals surface area contributed by atoms with Crippen molar-refractivity contribution in [3.05, 3.63) is 29.6 Å². The van der Waals surface area contributed by atoms with Crippen LogP contribution in [-0.2, 0) is 4.79 Å². The van der Waals surface area contributed by atoms with Gasteiger partial charge in [-0.3, -0.25) is 4.79 Å². The quantitative estimate of drug-likeness (QED) is 0.801.